The van der Waals surface area contributed by atoms with Crippen LogP contribution in [0.2, 0.25) is 0 Å². The summed E-state index contributed by atoms with van der Waals surface area (Å²) in [6.45, 7) is 0. The first-order valence-corrected chi connectivity index (χ1v) is 5.22. The Morgan fingerprint density at radius 2 is 2.53 bits per heavy atom. The summed E-state index contributed by atoms with van der Waals surface area (Å²) >= 11 is 1.45. The van der Waals surface area contributed by atoms with E-state index in [1.807, 2.05) is 11.4 Å². The number of hydrogen-bond donors (Lipinski definition) is 0. The highest BCUT2D eigenvalue weighted by Gasteiger charge is 2.10. The van der Waals surface area contributed by atoms with Crippen LogP contribution in [0.4, 0.5) is 0 Å². The Morgan fingerprint density at radius 1 is 1.67 bits per heavy atom. The zero-order valence-electron chi connectivity index (χ0n) is 8.10. The van der Waals surface area contributed by atoms with E-state index >= 15 is 0 Å². The Kier molecular flexibility index (Phi) is 2.82. The highest BCUT2D eigenvalue weighted by atomic mass is 32.1. The lowest BCUT2D eigenvalue weighted by Crippen LogP contribution is -2.04. The predicted octanol–water partition coefficient (Wildman–Crippen LogP) is 2.12. The van der Waals surface area contributed by atoms with Gasteiger partial charge in [-0.1, -0.05) is 0 Å². The van der Waals surface area contributed by atoms with Gasteiger partial charge in [-0.15, -0.1) is 11.3 Å². The van der Waals surface area contributed by atoms with Crippen molar-refractivity contribution in [1.29, 1.82) is 0 Å². The second-order valence-electron chi connectivity index (χ2n) is 2.87. The summed E-state index contributed by atoms with van der Waals surface area (Å²) in [5, 5.41) is 2.60. The van der Waals surface area contributed by atoms with Gasteiger partial charge in [0.05, 0.1) is 25.5 Å². The van der Waals surface area contributed by atoms with E-state index in [1.54, 1.807) is 12.3 Å². The summed E-state index contributed by atoms with van der Waals surface area (Å²) < 4.78 is 9.75. The van der Waals surface area contributed by atoms with Crippen LogP contribution >= 0.6 is 11.3 Å². The molecule has 15 heavy (non-hydrogen) atoms. The highest BCUT2D eigenvalue weighted by molar-refractivity contribution is 7.13. The normalized spacial score (nSPS) is 10.2. The van der Waals surface area contributed by atoms with Crippen molar-refractivity contribution in [2.75, 3.05) is 7.11 Å². The quantitative estimate of drug-likeness (QED) is 0.748. The number of ether oxygens (including phenoxy) is 1. The fraction of sp³-hybridized carbons (Fsp3) is 0.200. The molecule has 5 heteroatoms. The van der Waals surface area contributed by atoms with Crippen LogP contribution in [0.3, 0.4) is 0 Å². The van der Waals surface area contributed by atoms with Crippen LogP contribution in [0.25, 0.3) is 10.8 Å². The van der Waals surface area contributed by atoms with Crippen LogP contribution in [-0.4, -0.2) is 18.1 Å². The van der Waals surface area contributed by atoms with E-state index in [0.29, 0.717) is 5.69 Å². The molecule has 78 valence electrons. The van der Waals surface area contributed by atoms with Crippen LogP contribution in [-0.2, 0) is 16.0 Å². The Bertz CT molecular complexity index is 447. The Morgan fingerprint density at radius 3 is 3.20 bits per heavy atom. The first-order valence-electron chi connectivity index (χ1n) is 4.34. The van der Waals surface area contributed by atoms with Crippen molar-refractivity contribution in [3.05, 3.63) is 29.5 Å². The third-order valence-electron chi connectivity index (χ3n) is 1.84. The molecule has 0 aliphatic heterocycles. The summed E-state index contributed by atoms with van der Waals surface area (Å²) in [6.07, 6.45) is 1.80. The first kappa shape index (κ1) is 9.92. The average molecular weight is 223 g/mol. The third-order valence-corrected chi connectivity index (χ3v) is 2.74. The van der Waals surface area contributed by atoms with Gasteiger partial charge in [0.15, 0.2) is 10.8 Å². The largest absolute Gasteiger partial charge is 0.469 e. The van der Waals surface area contributed by atoms with Gasteiger partial charge >= 0.3 is 5.97 Å². The van der Waals surface area contributed by atoms with Gasteiger partial charge in [0.2, 0.25) is 0 Å². The summed E-state index contributed by atoms with van der Waals surface area (Å²) in [4.78, 5) is 15.3. The molecular weight excluding hydrogens is 214 g/mol. The number of rotatable bonds is 3. The molecule has 0 saturated carbocycles. The third kappa shape index (κ3) is 2.24. The molecule has 0 aliphatic carbocycles. The van der Waals surface area contributed by atoms with Crippen molar-refractivity contribution in [1.82, 2.24) is 4.98 Å². The van der Waals surface area contributed by atoms with Crippen LogP contribution in [0.15, 0.2) is 28.2 Å². The van der Waals surface area contributed by atoms with Crippen LogP contribution in [0.1, 0.15) is 5.69 Å². The molecule has 0 unspecified atom stereocenters. The molecule has 0 aromatic carbocycles. The molecule has 2 rings (SSSR count). The van der Waals surface area contributed by atoms with Gasteiger partial charge < -0.3 is 9.15 Å². The van der Waals surface area contributed by atoms with Crippen LogP contribution in [0.5, 0.6) is 0 Å². The lowest BCUT2D eigenvalue weighted by Gasteiger charge is -1.93. The van der Waals surface area contributed by atoms with E-state index in [2.05, 4.69) is 9.72 Å². The molecule has 0 atom stereocenters. The van der Waals surface area contributed by atoms with Crippen LogP contribution in [0, 0.1) is 0 Å². The Balaban J connectivity index is 2.14. The molecule has 2 aromatic rings. The van der Waals surface area contributed by atoms with Crippen molar-refractivity contribution >= 4 is 17.3 Å². The molecule has 4 nitrogen and oxygen atoms in total. The molecule has 0 amide bonds. The smallest absolute Gasteiger partial charge is 0.311 e. The van der Waals surface area contributed by atoms with Crippen molar-refractivity contribution in [2.45, 2.75) is 6.42 Å². The number of nitrogens with zero attached hydrogens (tertiary/aromatic N) is 1. The molecule has 0 radical (unpaired) electrons. The molecule has 0 saturated heterocycles. The molecular formula is C10H9NO3S. The molecule has 0 aliphatic rings. The van der Waals surface area contributed by atoms with E-state index in [-0.39, 0.29) is 12.4 Å². The van der Waals surface area contributed by atoms with Crippen molar-refractivity contribution < 1.29 is 13.9 Å². The minimum absolute atomic E-state index is 0.202. The number of carbonyl (C=O) groups is 1. The van der Waals surface area contributed by atoms with Gasteiger partial charge in [-0.3, -0.25) is 4.79 Å². The fourth-order valence-electron chi connectivity index (χ4n) is 1.12. The molecule has 2 heterocycles. The zero-order chi connectivity index (χ0) is 10.7. The lowest BCUT2D eigenvalue weighted by molar-refractivity contribution is -0.139. The second kappa shape index (κ2) is 4.27. The number of aromatic nitrogens is 1. The highest BCUT2D eigenvalue weighted by Crippen LogP contribution is 2.24. The Hall–Kier alpha value is -1.62. The number of esters is 1. The number of hydrogen-bond acceptors (Lipinski definition) is 5. The Labute approximate surface area is 90.5 Å². The summed E-state index contributed by atoms with van der Waals surface area (Å²) in [5.74, 6) is 0.433. The predicted molar refractivity (Wildman–Crippen MR) is 55.5 cm³/mol. The second-order valence-corrected chi connectivity index (χ2v) is 3.73. The lowest BCUT2D eigenvalue weighted by atomic mass is 10.3. The molecule has 0 bridgehead atoms. The number of carbonyl (C=O) groups excluding carboxylic acids is 1. The topological polar surface area (TPSA) is 52.3 Å². The molecule has 0 spiro atoms. The average Bonchev–Trinajstić information content (AvgIpc) is 2.85. The molecule has 0 N–H and O–H groups in total. The van der Waals surface area contributed by atoms with E-state index in [1.165, 1.54) is 18.4 Å². The van der Waals surface area contributed by atoms with Gasteiger partial charge in [0, 0.05) is 5.38 Å². The zero-order valence-corrected chi connectivity index (χ0v) is 8.91. The summed E-state index contributed by atoms with van der Waals surface area (Å²) in [6, 6.07) is 3.64. The monoisotopic (exact) mass is 223 g/mol. The van der Waals surface area contributed by atoms with Gasteiger partial charge in [-0.2, -0.15) is 0 Å². The maximum absolute atomic E-state index is 11.0. The number of thiazole rings is 1. The standard InChI is InChI=1S/C10H9NO3S/c1-13-9(12)5-7-6-15-10(11-7)8-3-2-4-14-8/h2-4,6H,5H2,1H3. The van der Waals surface area contributed by atoms with Gasteiger partial charge in [0.25, 0.3) is 0 Å². The molecule has 0 fully saturated rings. The fourth-order valence-corrected chi connectivity index (χ4v) is 1.91. The van der Waals surface area contributed by atoms with E-state index in [4.69, 9.17) is 4.42 Å². The summed E-state index contributed by atoms with van der Waals surface area (Å²) in [5.41, 5.74) is 0.707. The van der Waals surface area contributed by atoms with E-state index in [9.17, 15) is 4.79 Å². The van der Waals surface area contributed by atoms with E-state index < -0.39 is 0 Å². The maximum Gasteiger partial charge on any atom is 0.311 e. The van der Waals surface area contributed by atoms with Crippen molar-refractivity contribution in [2.24, 2.45) is 0 Å². The number of furan rings is 1. The van der Waals surface area contributed by atoms with Gasteiger partial charge in [-0.25, -0.2) is 4.98 Å². The van der Waals surface area contributed by atoms with Crippen molar-refractivity contribution in [3.8, 4) is 10.8 Å². The van der Waals surface area contributed by atoms with E-state index in [0.717, 1.165) is 10.8 Å². The van der Waals surface area contributed by atoms with Gasteiger partial charge in [0.1, 0.15) is 0 Å². The SMILES string of the molecule is COC(=O)Cc1csc(-c2ccco2)n1. The van der Waals surface area contributed by atoms with Crippen LogP contribution < -0.4 is 0 Å². The van der Waals surface area contributed by atoms with Gasteiger partial charge in [-0.05, 0) is 12.1 Å². The maximum atomic E-state index is 11.0. The summed E-state index contributed by atoms with van der Waals surface area (Å²) in [7, 11) is 1.36. The first-order chi connectivity index (χ1) is 7.29. The number of methoxy groups -OCH3 is 1. The minimum Gasteiger partial charge on any atom is -0.469 e. The molecule has 2 aromatic heterocycles. The minimum atomic E-state index is -0.286. The van der Waals surface area contributed by atoms with Crippen molar-refractivity contribution in [3.63, 3.8) is 0 Å².